The molecule has 2 aliphatic heterocycles. The second-order valence-corrected chi connectivity index (χ2v) is 6.58. The monoisotopic (exact) mass is 358 g/mol. The number of benzene rings is 1. The maximum Gasteiger partial charge on any atom is 0.516 e. The number of hydrogen-bond acceptors (Lipinski definition) is 6. The van der Waals surface area contributed by atoms with Crippen LogP contribution in [0.3, 0.4) is 0 Å². The van der Waals surface area contributed by atoms with Crippen molar-refractivity contribution in [3.8, 4) is 0 Å². The Labute approximate surface area is 151 Å². The van der Waals surface area contributed by atoms with Gasteiger partial charge >= 0.3 is 12.1 Å². The van der Waals surface area contributed by atoms with E-state index in [1.165, 1.54) is 10.9 Å². The molecule has 7 heteroatoms. The van der Waals surface area contributed by atoms with E-state index in [1.54, 1.807) is 6.92 Å². The fourth-order valence-corrected chi connectivity index (χ4v) is 3.99. The van der Waals surface area contributed by atoms with E-state index in [4.69, 9.17) is 14.3 Å². The van der Waals surface area contributed by atoms with Gasteiger partial charge in [-0.2, -0.15) is 5.06 Å². The predicted octanol–water partition coefficient (Wildman–Crippen LogP) is 3.11. The average Bonchev–Trinajstić information content (AvgIpc) is 2.86. The van der Waals surface area contributed by atoms with Crippen molar-refractivity contribution in [1.29, 1.82) is 0 Å². The molecule has 138 valence electrons. The molecule has 2 atom stereocenters. The highest BCUT2D eigenvalue weighted by molar-refractivity contribution is 5.87. The molecule has 0 aliphatic carbocycles. The van der Waals surface area contributed by atoms with Gasteiger partial charge in [-0.15, -0.1) is 0 Å². The summed E-state index contributed by atoms with van der Waals surface area (Å²) in [6.45, 7) is 3.09. The number of carbonyl (C=O) groups excluding carboxylic acids is 2. The summed E-state index contributed by atoms with van der Waals surface area (Å²) in [5.41, 5.74) is 3.23. The summed E-state index contributed by atoms with van der Waals surface area (Å²) in [7, 11) is 0. The van der Waals surface area contributed by atoms with Crippen molar-refractivity contribution >= 4 is 23.0 Å². The molecule has 4 rings (SSSR count). The lowest BCUT2D eigenvalue weighted by Crippen LogP contribution is -2.41. The summed E-state index contributed by atoms with van der Waals surface area (Å²) >= 11 is 0. The number of aromatic nitrogens is 1. The SMILES string of the molecule is CCOC(=O)OC(=O)[C@@H]1CCCON2CCc3c([nH]c4ccccc34)[C@H]12. The summed E-state index contributed by atoms with van der Waals surface area (Å²) in [5.74, 6) is -1.05. The molecule has 1 aromatic carbocycles. The van der Waals surface area contributed by atoms with E-state index in [0.717, 1.165) is 24.1 Å². The number of aromatic amines is 1. The first-order valence-electron chi connectivity index (χ1n) is 9.06. The number of fused-ring (bicyclic) bond motifs is 5. The molecule has 0 radical (unpaired) electrons. The molecule has 7 nitrogen and oxygen atoms in total. The Balaban J connectivity index is 1.70. The van der Waals surface area contributed by atoms with Crippen LogP contribution in [0.1, 0.15) is 37.1 Å². The minimum absolute atomic E-state index is 0.168. The van der Waals surface area contributed by atoms with Crippen LogP contribution in [-0.4, -0.2) is 41.9 Å². The number of para-hydroxylation sites is 1. The summed E-state index contributed by atoms with van der Waals surface area (Å²) in [6.07, 6.45) is 1.22. The lowest BCUT2D eigenvalue weighted by molar-refractivity contribution is -0.197. The van der Waals surface area contributed by atoms with Crippen LogP contribution >= 0.6 is 0 Å². The highest BCUT2D eigenvalue weighted by atomic mass is 16.7. The van der Waals surface area contributed by atoms with Gasteiger partial charge in [-0.1, -0.05) is 18.2 Å². The highest BCUT2D eigenvalue weighted by Gasteiger charge is 2.43. The molecular formula is C19H22N2O5. The summed E-state index contributed by atoms with van der Waals surface area (Å²) < 4.78 is 9.68. The van der Waals surface area contributed by atoms with E-state index >= 15 is 0 Å². The maximum atomic E-state index is 12.7. The largest absolute Gasteiger partial charge is 0.516 e. The molecule has 1 fully saturated rings. The number of ether oxygens (including phenoxy) is 2. The zero-order chi connectivity index (χ0) is 18.1. The Morgan fingerprint density at radius 1 is 1.35 bits per heavy atom. The molecular weight excluding hydrogens is 336 g/mol. The zero-order valence-electron chi connectivity index (χ0n) is 14.7. The minimum Gasteiger partial charge on any atom is -0.434 e. The van der Waals surface area contributed by atoms with Crippen molar-refractivity contribution in [2.75, 3.05) is 19.8 Å². The molecule has 0 amide bonds. The molecule has 1 N–H and O–H groups in total. The third kappa shape index (κ3) is 2.97. The molecule has 3 heterocycles. The third-order valence-corrected chi connectivity index (χ3v) is 5.08. The molecule has 0 saturated carbocycles. The molecule has 2 aliphatic rings. The van der Waals surface area contributed by atoms with Gasteiger partial charge < -0.3 is 14.5 Å². The molecule has 0 unspecified atom stereocenters. The van der Waals surface area contributed by atoms with Gasteiger partial charge in [0.05, 0.1) is 25.2 Å². The Bertz CT molecular complexity index is 830. The normalized spacial score (nSPS) is 23.0. The van der Waals surface area contributed by atoms with Crippen LogP contribution < -0.4 is 0 Å². The van der Waals surface area contributed by atoms with Gasteiger partial charge in [-0.3, -0.25) is 9.63 Å². The summed E-state index contributed by atoms with van der Waals surface area (Å²) in [6, 6.07) is 7.82. The Hall–Kier alpha value is -2.38. The van der Waals surface area contributed by atoms with E-state index in [9.17, 15) is 9.59 Å². The van der Waals surface area contributed by atoms with Gasteiger partial charge in [0.25, 0.3) is 0 Å². The van der Waals surface area contributed by atoms with E-state index in [0.29, 0.717) is 19.6 Å². The second kappa shape index (κ2) is 7.09. The number of H-pyrrole nitrogens is 1. The number of nitrogens with zero attached hydrogens (tertiary/aromatic N) is 1. The number of esters is 1. The quantitative estimate of drug-likeness (QED) is 0.656. The standard InChI is InChI=1S/C19H22N2O5/c1-2-24-19(23)26-18(22)14-7-5-11-25-21-10-9-13-12-6-3-4-8-15(12)20-16(13)17(14)21/h3-4,6,8,14,17,20H,2,5,7,9-11H2,1H3/t14-,17+/m1/s1. The number of hydrogen-bond donors (Lipinski definition) is 1. The number of hydroxylamine groups is 2. The predicted molar refractivity (Wildman–Crippen MR) is 93.2 cm³/mol. The van der Waals surface area contributed by atoms with Gasteiger partial charge in [0, 0.05) is 23.1 Å². The molecule has 0 spiro atoms. The van der Waals surface area contributed by atoms with Gasteiger partial charge in [-0.05, 0) is 37.8 Å². The smallest absolute Gasteiger partial charge is 0.434 e. The van der Waals surface area contributed by atoms with E-state index in [-0.39, 0.29) is 12.6 Å². The van der Waals surface area contributed by atoms with Crippen molar-refractivity contribution in [2.45, 2.75) is 32.2 Å². The zero-order valence-corrected chi connectivity index (χ0v) is 14.7. The maximum absolute atomic E-state index is 12.7. The molecule has 1 saturated heterocycles. The first kappa shape index (κ1) is 17.1. The Morgan fingerprint density at radius 2 is 2.19 bits per heavy atom. The van der Waals surface area contributed by atoms with Crippen LogP contribution in [0.5, 0.6) is 0 Å². The van der Waals surface area contributed by atoms with Crippen molar-refractivity contribution < 1.29 is 23.9 Å². The van der Waals surface area contributed by atoms with E-state index < -0.39 is 18.0 Å². The van der Waals surface area contributed by atoms with Crippen LogP contribution in [0.2, 0.25) is 0 Å². The fourth-order valence-electron chi connectivity index (χ4n) is 3.99. The third-order valence-electron chi connectivity index (χ3n) is 5.08. The summed E-state index contributed by atoms with van der Waals surface area (Å²) in [4.78, 5) is 33.7. The molecule has 0 bridgehead atoms. The van der Waals surface area contributed by atoms with Crippen LogP contribution in [0, 0.1) is 5.92 Å². The van der Waals surface area contributed by atoms with Crippen molar-refractivity contribution in [1.82, 2.24) is 10.0 Å². The van der Waals surface area contributed by atoms with Crippen LogP contribution in [0.15, 0.2) is 24.3 Å². The average molecular weight is 358 g/mol. The van der Waals surface area contributed by atoms with Gasteiger partial charge in [0.1, 0.15) is 0 Å². The van der Waals surface area contributed by atoms with Crippen molar-refractivity contribution in [3.05, 3.63) is 35.5 Å². The Kier molecular flexibility index (Phi) is 4.65. The first-order valence-corrected chi connectivity index (χ1v) is 9.06. The number of rotatable bonds is 2. The van der Waals surface area contributed by atoms with Gasteiger partial charge in [0.15, 0.2) is 0 Å². The molecule has 26 heavy (non-hydrogen) atoms. The van der Waals surface area contributed by atoms with Gasteiger partial charge in [0.2, 0.25) is 0 Å². The molecule has 1 aromatic heterocycles. The van der Waals surface area contributed by atoms with Crippen molar-refractivity contribution in [2.24, 2.45) is 5.92 Å². The lowest BCUT2D eigenvalue weighted by atomic mass is 9.87. The Morgan fingerprint density at radius 3 is 3.04 bits per heavy atom. The minimum atomic E-state index is -0.943. The second-order valence-electron chi connectivity index (χ2n) is 6.58. The van der Waals surface area contributed by atoms with Crippen molar-refractivity contribution in [3.63, 3.8) is 0 Å². The van der Waals surface area contributed by atoms with Gasteiger partial charge in [-0.25, -0.2) is 4.79 Å². The molecule has 2 aromatic rings. The van der Waals surface area contributed by atoms with Crippen LogP contribution in [0.4, 0.5) is 4.79 Å². The summed E-state index contributed by atoms with van der Waals surface area (Å²) in [5, 5.41) is 3.03. The fraction of sp³-hybridized carbons (Fsp3) is 0.474. The number of nitrogens with one attached hydrogen (secondary N) is 1. The number of carbonyl (C=O) groups is 2. The lowest BCUT2D eigenvalue weighted by Gasteiger charge is -2.36. The van der Waals surface area contributed by atoms with E-state index in [1.807, 2.05) is 23.3 Å². The van der Waals surface area contributed by atoms with E-state index in [2.05, 4.69) is 11.1 Å². The van der Waals surface area contributed by atoms with Crippen LogP contribution in [0.25, 0.3) is 10.9 Å². The first-order chi connectivity index (χ1) is 12.7. The van der Waals surface area contributed by atoms with Crippen LogP contribution in [-0.2, 0) is 25.5 Å². The highest BCUT2D eigenvalue weighted by Crippen LogP contribution is 2.42. The topological polar surface area (TPSA) is 80.9 Å².